The predicted octanol–water partition coefficient (Wildman–Crippen LogP) is 4.34. The van der Waals surface area contributed by atoms with Crippen LogP contribution in [0.25, 0.3) is 33.5 Å². The smallest absolute Gasteiger partial charge is 0.258 e. The number of hydrogen-bond acceptors (Lipinski definition) is 8. The molecule has 13 heteroatoms. The number of methoxy groups -OCH3 is 1. The first-order valence-corrected chi connectivity index (χ1v) is 15.7. The summed E-state index contributed by atoms with van der Waals surface area (Å²) in [6.07, 6.45) is 3.66. The maximum absolute atomic E-state index is 15.1. The lowest BCUT2D eigenvalue weighted by Gasteiger charge is -2.37. The molecule has 2 amide bonds. The first-order chi connectivity index (χ1) is 23.3. The van der Waals surface area contributed by atoms with Gasteiger partial charge < -0.3 is 19.9 Å². The van der Waals surface area contributed by atoms with Gasteiger partial charge in [0.2, 0.25) is 5.91 Å². The molecule has 0 saturated carbocycles. The number of aromatic amines is 1. The summed E-state index contributed by atoms with van der Waals surface area (Å²) < 4.78 is 34.3. The van der Waals surface area contributed by atoms with Crippen molar-refractivity contribution in [3.05, 3.63) is 90.8 Å². The number of likely N-dealkylation sites (tertiary alicyclic amines) is 1. The number of nitrogens with one attached hydrogen (secondary N) is 2. The lowest BCUT2D eigenvalue weighted by atomic mass is 10.0. The quantitative estimate of drug-likeness (QED) is 0.254. The van der Waals surface area contributed by atoms with Crippen molar-refractivity contribution in [2.24, 2.45) is 0 Å². The summed E-state index contributed by atoms with van der Waals surface area (Å²) in [5.74, 6) is -0.572. The number of benzene rings is 3. The predicted molar refractivity (Wildman–Crippen MR) is 177 cm³/mol. The molecular formula is C35H34F2N8O3. The van der Waals surface area contributed by atoms with Crippen LogP contribution in [-0.4, -0.2) is 100 Å². The summed E-state index contributed by atoms with van der Waals surface area (Å²) in [6, 6.07) is 18.2. The molecule has 2 aliphatic heterocycles. The van der Waals surface area contributed by atoms with Gasteiger partial charge in [0.25, 0.3) is 5.91 Å². The molecule has 2 fully saturated rings. The van der Waals surface area contributed by atoms with Crippen molar-refractivity contribution in [1.29, 1.82) is 0 Å². The van der Waals surface area contributed by atoms with Gasteiger partial charge in [0.05, 0.1) is 23.4 Å². The van der Waals surface area contributed by atoms with E-state index in [-0.39, 0.29) is 36.5 Å². The first kappa shape index (κ1) is 31.3. The Morgan fingerprint density at radius 2 is 1.69 bits per heavy atom. The molecule has 0 bridgehead atoms. The number of H-pyrrole nitrogens is 1. The van der Waals surface area contributed by atoms with Gasteiger partial charge in [-0.3, -0.25) is 19.6 Å². The van der Waals surface area contributed by atoms with Crippen molar-refractivity contribution in [3.8, 4) is 22.6 Å². The number of rotatable bonds is 8. The zero-order valence-electron chi connectivity index (χ0n) is 26.3. The van der Waals surface area contributed by atoms with Crippen LogP contribution in [0.5, 0.6) is 0 Å². The second-order valence-electron chi connectivity index (χ2n) is 12.1. The molecule has 0 unspecified atom stereocenters. The summed E-state index contributed by atoms with van der Waals surface area (Å²) in [5, 5.41) is 11.1. The van der Waals surface area contributed by atoms with Crippen LogP contribution in [0.3, 0.4) is 0 Å². The molecule has 0 spiro atoms. The lowest BCUT2D eigenvalue weighted by Crippen LogP contribution is -2.52. The Hall–Kier alpha value is -5.27. The van der Waals surface area contributed by atoms with E-state index in [0.29, 0.717) is 67.6 Å². The normalized spacial score (nSPS) is 18.4. The van der Waals surface area contributed by atoms with E-state index in [2.05, 4.69) is 25.5 Å². The zero-order chi connectivity index (χ0) is 33.3. The standard InChI is InChI=1S/C35H34F2N8O3/c1-48-35(34(47)40-26-8-9-29-27(20-26)32(42-41-29)23-3-6-25(36)7-4-23)11-14-43(22-35)21-31(46)45-17-15-44(16-18-45)30-10-5-24(19-28(30)37)33-38-12-2-13-39-33/h2-10,12-13,19-20H,11,14-18,21-22H2,1H3,(H,40,47)(H,41,42)/t35-/m0/s1. The van der Waals surface area contributed by atoms with Crippen molar-refractivity contribution < 1.29 is 23.1 Å². The minimum Gasteiger partial charge on any atom is -0.367 e. The topological polar surface area (TPSA) is 120 Å². The Morgan fingerprint density at radius 3 is 2.42 bits per heavy atom. The van der Waals surface area contributed by atoms with Gasteiger partial charge in [0.1, 0.15) is 11.6 Å². The number of anilines is 2. The molecule has 1 atom stereocenters. The molecule has 11 nitrogen and oxygen atoms in total. The Bertz CT molecular complexity index is 1950. The number of nitrogens with zero attached hydrogens (tertiary/aromatic N) is 6. The second-order valence-corrected chi connectivity index (χ2v) is 12.1. The van der Waals surface area contributed by atoms with Crippen LogP contribution in [-0.2, 0) is 14.3 Å². The summed E-state index contributed by atoms with van der Waals surface area (Å²) >= 11 is 0. The van der Waals surface area contributed by atoms with Crippen LogP contribution in [0.2, 0.25) is 0 Å². The van der Waals surface area contributed by atoms with Gasteiger partial charge in [-0.25, -0.2) is 18.7 Å². The molecule has 3 aromatic carbocycles. The largest absolute Gasteiger partial charge is 0.367 e. The third-order valence-corrected chi connectivity index (χ3v) is 9.16. The number of fused-ring (bicyclic) bond motifs is 1. The fourth-order valence-electron chi connectivity index (χ4n) is 6.44. The number of carbonyl (C=O) groups is 2. The molecule has 2 N–H and O–H groups in total. The van der Waals surface area contributed by atoms with Crippen LogP contribution in [0.1, 0.15) is 6.42 Å². The molecule has 2 aliphatic rings. The van der Waals surface area contributed by atoms with E-state index in [1.807, 2.05) is 21.9 Å². The highest BCUT2D eigenvalue weighted by Crippen LogP contribution is 2.31. The molecule has 0 radical (unpaired) electrons. The average molecular weight is 653 g/mol. The van der Waals surface area contributed by atoms with Gasteiger partial charge in [-0.15, -0.1) is 0 Å². The van der Waals surface area contributed by atoms with Crippen molar-refractivity contribution in [2.45, 2.75) is 12.0 Å². The van der Waals surface area contributed by atoms with Gasteiger partial charge >= 0.3 is 0 Å². The SMILES string of the molecule is CO[C@@]1(C(=O)Nc2ccc3[nH]nc(-c4ccc(F)cc4)c3c2)CCN(CC(=O)N2CCN(c3ccc(-c4ncccn4)cc3F)CC2)C1. The molecule has 2 aromatic heterocycles. The van der Waals surface area contributed by atoms with Crippen molar-refractivity contribution in [3.63, 3.8) is 0 Å². The third kappa shape index (κ3) is 6.21. The summed E-state index contributed by atoms with van der Waals surface area (Å²) in [6.45, 7) is 2.85. The molecule has 246 valence electrons. The maximum atomic E-state index is 15.1. The summed E-state index contributed by atoms with van der Waals surface area (Å²) in [5.41, 5.74) is 2.70. The zero-order valence-corrected chi connectivity index (χ0v) is 26.3. The van der Waals surface area contributed by atoms with E-state index < -0.39 is 5.60 Å². The maximum Gasteiger partial charge on any atom is 0.258 e. The number of carbonyl (C=O) groups excluding carboxylic acids is 2. The summed E-state index contributed by atoms with van der Waals surface area (Å²) in [7, 11) is 1.51. The first-order valence-electron chi connectivity index (χ1n) is 15.7. The van der Waals surface area contributed by atoms with Gasteiger partial charge in [-0.05, 0) is 73.2 Å². The highest BCUT2D eigenvalue weighted by molar-refractivity contribution is 6.01. The van der Waals surface area contributed by atoms with Gasteiger partial charge in [0.15, 0.2) is 11.4 Å². The summed E-state index contributed by atoms with van der Waals surface area (Å²) in [4.78, 5) is 40.9. The number of hydrogen-bond donors (Lipinski definition) is 2. The fraction of sp³-hybridized carbons (Fsp3) is 0.286. The second kappa shape index (κ2) is 13.1. The molecule has 2 saturated heterocycles. The minimum absolute atomic E-state index is 0.0438. The van der Waals surface area contributed by atoms with Crippen molar-refractivity contribution >= 4 is 34.1 Å². The van der Waals surface area contributed by atoms with E-state index in [1.165, 1.54) is 25.3 Å². The third-order valence-electron chi connectivity index (χ3n) is 9.16. The van der Waals surface area contributed by atoms with Crippen LogP contribution < -0.4 is 10.2 Å². The van der Waals surface area contributed by atoms with Gasteiger partial charge in [-0.1, -0.05) is 0 Å². The molecule has 5 aromatic rings. The van der Waals surface area contributed by atoms with E-state index in [1.54, 1.807) is 53.7 Å². The number of aromatic nitrogens is 4. The molecule has 48 heavy (non-hydrogen) atoms. The number of halogens is 2. The van der Waals surface area contributed by atoms with Crippen LogP contribution in [0, 0.1) is 11.6 Å². The highest BCUT2D eigenvalue weighted by atomic mass is 19.1. The Morgan fingerprint density at radius 1 is 0.938 bits per heavy atom. The minimum atomic E-state index is -1.13. The number of amides is 2. The molecule has 4 heterocycles. The van der Waals surface area contributed by atoms with E-state index >= 15 is 4.39 Å². The monoisotopic (exact) mass is 652 g/mol. The molecular weight excluding hydrogens is 618 g/mol. The lowest BCUT2D eigenvalue weighted by molar-refractivity contribution is -0.138. The average Bonchev–Trinajstić information content (AvgIpc) is 3.74. The van der Waals surface area contributed by atoms with E-state index in [4.69, 9.17) is 4.74 Å². The van der Waals surface area contributed by atoms with Crippen LogP contribution in [0.15, 0.2) is 79.1 Å². The Balaban J connectivity index is 0.947. The van der Waals surface area contributed by atoms with E-state index in [0.717, 1.165) is 16.5 Å². The fourth-order valence-corrected chi connectivity index (χ4v) is 6.44. The van der Waals surface area contributed by atoms with Gasteiger partial charge in [-0.2, -0.15) is 5.10 Å². The Kier molecular flexibility index (Phi) is 8.54. The highest BCUT2D eigenvalue weighted by Gasteiger charge is 2.45. The number of ether oxygens (including phenoxy) is 1. The molecule has 0 aliphatic carbocycles. The van der Waals surface area contributed by atoms with E-state index in [9.17, 15) is 14.0 Å². The van der Waals surface area contributed by atoms with Crippen molar-refractivity contribution in [1.82, 2.24) is 30.0 Å². The molecule has 7 rings (SSSR count). The van der Waals surface area contributed by atoms with Crippen LogP contribution in [0.4, 0.5) is 20.2 Å². The van der Waals surface area contributed by atoms with Gasteiger partial charge in [0, 0.05) is 81.0 Å². The van der Waals surface area contributed by atoms with Crippen molar-refractivity contribution in [2.75, 3.05) is 63.1 Å². The Labute approximate surface area is 275 Å². The number of piperazine rings is 1. The van der Waals surface area contributed by atoms with Crippen LogP contribution >= 0.6 is 0 Å².